The number of pyridine rings is 1. The second-order valence-corrected chi connectivity index (χ2v) is 7.85. The fraction of sp³-hybridized carbons (Fsp3) is 0.250. The predicted octanol–water partition coefficient (Wildman–Crippen LogP) is 4.66. The quantitative estimate of drug-likeness (QED) is 0.441. The molecular formula is C24H25FN4O. The van der Waals surface area contributed by atoms with Crippen molar-refractivity contribution in [2.45, 2.75) is 26.8 Å². The minimum atomic E-state index is -0.297. The third-order valence-electron chi connectivity index (χ3n) is 5.10. The molecule has 0 aliphatic carbocycles. The number of fused-ring (bicyclic) bond motifs is 1. The first-order valence-corrected chi connectivity index (χ1v) is 10.2. The maximum absolute atomic E-state index is 13.5. The van der Waals surface area contributed by atoms with Gasteiger partial charge in [0.05, 0.1) is 5.69 Å². The zero-order valence-corrected chi connectivity index (χ0v) is 17.2. The van der Waals surface area contributed by atoms with Gasteiger partial charge in [-0.1, -0.05) is 32.0 Å². The minimum absolute atomic E-state index is 0.137. The summed E-state index contributed by atoms with van der Waals surface area (Å²) in [4.78, 5) is 15.8. The summed E-state index contributed by atoms with van der Waals surface area (Å²) < 4.78 is 15.2. The number of hydrogen-bond donors (Lipinski definition) is 2. The summed E-state index contributed by atoms with van der Waals surface area (Å²) in [6, 6.07) is 17.8. The van der Waals surface area contributed by atoms with Crippen LogP contribution in [0.5, 0.6) is 0 Å². The number of benzene rings is 2. The maximum atomic E-state index is 13.5. The van der Waals surface area contributed by atoms with Gasteiger partial charge in [-0.3, -0.25) is 4.79 Å². The molecular weight excluding hydrogens is 379 g/mol. The lowest BCUT2D eigenvalue weighted by atomic mass is 10.1. The Morgan fingerprint density at radius 3 is 2.53 bits per heavy atom. The van der Waals surface area contributed by atoms with Crippen molar-refractivity contribution in [1.29, 1.82) is 0 Å². The number of halogens is 1. The monoisotopic (exact) mass is 404 g/mol. The Labute approximate surface area is 174 Å². The molecule has 2 N–H and O–H groups in total. The molecule has 2 heterocycles. The van der Waals surface area contributed by atoms with Gasteiger partial charge in [0.25, 0.3) is 5.56 Å². The molecule has 4 aromatic rings. The van der Waals surface area contributed by atoms with Gasteiger partial charge < -0.3 is 10.3 Å². The predicted molar refractivity (Wildman–Crippen MR) is 118 cm³/mol. The van der Waals surface area contributed by atoms with Crippen molar-refractivity contribution < 1.29 is 4.39 Å². The van der Waals surface area contributed by atoms with Gasteiger partial charge in [0.1, 0.15) is 17.2 Å². The molecule has 30 heavy (non-hydrogen) atoms. The summed E-state index contributed by atoms with van der Waals surface area (Å²) in [5.41, 5.74) is 3.48. The maximum Gasteiger partial charge on any atom is 0.254 e. The molecule has 0 saturated heterocycles. The van der Waals surface area contributed by atoms with Crippen LogP contribution in [0.2, 0.25) is 0 Å². The number of rotatable bonds is 7. The highest BCUT2D eigenvalue weighted by Crippen LogP contribution is 2.29. The Kier molecular flexibility index (Phi) is 5.77. The van der Waals surface area contributed by atoms with E-state index in [0.717, 1.165) is 29.6 Å². The average molecular weight is 404 g/mol. The highest BCUT2D eigenvalue weighted by atomic mass is 19.1. The molecule has 5 nitrogen and oxygen atoms in total. The summed E-state index contributed by atoms with van der Waals surface area (Å²) in [7, 11) is 0. The van der Waals surface area contributed by atoms with Crippen LogP contribution >= 0.6 is 0 Å². The number of nitrogens with one attached hydrogen (secondary N) is 2. The molecule has 4 rings (SSSR count). The molecule has 0 radical (unpaired) electrons. The van der Waals surface area contributed by atoms with Gasteiger partial charge in [0, 0.05) is 23.1 Å². The Bertz CT molecular complexity index is 1190. The van der Waals surface area contributed by atoms with Gasteiger partial charge in [-0.2, -0.15) is 5.10 Å². The second-order valence-electron chi connectivity index (χ2n) is 7.85. The molecule has 0 aliphatic rings. The molecule has 0 aliphatic heterocycles. The van der Waals surface area contributed by atoms with E-state index in [1.807, 2.05) is 36.4 Å². The van der Waals surface area contributed by atoms with E-state index in [1.165, 1.54) is 12.1 Å². The Hall–Kier alpha value is -3.25. The Morgan fingerprint density at radius 2 is 1.83 bits per heavy atom. The van der Waals surface area contributed by atoms with E-state index in [4.69, 9.17) is 5.10 Å². The van der Waals surface area contributed by atoms with Crippen LogP contribution in [-0.2, 0) is 6.54 Å². The van der Waals surface area contributed by atoms with Crippen LogP contribution in [0.15, 0.2) is 65.5 Å². The fourth-order valence-corrected chi connectivity index (χ4v) is 3.44. The molecule has 0 bridgehead atoms. The summed E-state index contributed by atoms with van der Waals surface area (Å²) in [6.07, 6.45) is 1.05. The van der Waals surface area contributed by atoms with Crippen LogP contribution < -0.4 is 10.9 Å². The lowest BCUT2D eigenvalue weighted by molar-refractivity contribution is 0.537. The first kappa shape index (κ1) is 20.0. The van der Waals surface area contributed by atoms with Crippen LogP contribution in [0, 0.1) is 11.7 Å². The van der Waals surface area contributed by atoms with Crippen molar-refractivity contribution in [3.05, 3.63) is 82.4 Å². The van der Waals surface area contributed by atoms with E-state index in [1.54, 1.807) is 16.8 Å². The number of aromatic amines is 1. The van der Waals surface area contributed by atoms with Gasteiger partial charge in [-0.25, -0.2) is 9.07 Å². The zero-order valence-electron chi connectivity index (χ0n) is 17.2. The molecule has 0 saturated carbocycles. The molecule has 2 aromatic heterocycles. The van der Waals surface area contributed by atoms with Crippen molar-refractivity contribution in [3.63, 3.8) is 0 Å². The SMILES string of the molecule is CC(C)CCNCc1cc2c(-c3ccc(F)cc3)nn(-c3ccccc3)c2[nH]c1=O. The Morgan fingerprint density at radius 1 is 1.10 bits per heavy atom. The van der Waals surface area contributed by atoms with Crippen LogP contribution in [-0.4, -0.2) is 21.3 Å². The summed E-state index contributed by atoms with van der Waals surface area (Å²) in [5, 5.41) is 8.94. The zero-order chi connectivity index (χ0) is 21.1. The van der Waals surface area contributed by atoms with Gasteiger partial charge >= 0.3 is 0 Å². The summed E-state index contributed by atoms with van der Waals surface area (Å²) in [5.74, 6) is 0.307. The van der Waals surface area contributed by atoms with Crippen LogP contribution in [0.3, 0.4) is 0 Å². The highest BCUT2D eigenvalue weighted by molar-refractivity contribution is 5.92. The van der Waals surface area contributed by atoms with Gasteiger partial charge in [-0.05, 0) is 61.3 Å². The van der Waals surface area contributed by atoms with E-state index in [-0.39, 0.29) is 11.4 Å². The summed E-state index contributed by atoms with van der Waals surface area (Å²) >= 11 is 0. The van der Waals surface area contributed by atoms with E-state index in [2.05, 4.69) is 24.1 Å². The first-order valence-electron chi connectivity index (χ1n) is 10.2. The molecule has 0 amide bonds. The average Bonchev–Trinajstić information content (AvgIpc) is 3.10. The fourth-order valence-electron chi connectivity index (χ4n) is 3.44. The van der Waals surface area contributed by atoms with E-state index < -0.39 is 0 Å². The number of para-hydroxylation sites is 1. The lowest BCUT2D eigenvalue weighted by Crippen LogP contribution is -2.22. The number of aromatic nitrogens is 3. The number of H-pyrrole nitrogens is 1. The highest BCUT2D eigenvalue weighted by Gasteiger charge is 2.16. The van der Waals surface area contributed by atoms with Crippen molar-refractivity contribution in [3.8, 4) is 16.9 Å². The van der Waals surface area contributed by atoms with E-state index >= 15 is 0 Å². The van der Waals surface area contributed by atoms with E-state index in [0.29, 0.717) is 29.4 Å². The molecule has 0 spiro atoms. The second kappa shape index (κ2) is 8.63. The van der Waals surface area contributed by atoms with Crippen molar-refractivity contribution in [2.24, 2.45) is 5.92 Å². The molecule has 154 valence electrons. The van der Waals surface area contributed by atoms with Crippen molar-refractivity contribution in [2.75, 3.05) is 6.54 Å². The topological polar surface area (TPSA) is 62.7 Å². The van der Waals surface area contributed by atoms with Crippen molar-refractivity contribution in [1.82, 2.24) is 20.1 Å². The standard InChI is InChI=1S/C24H25FN4O/c1-16(2)12-13-26-15-18-14-21-22(17-8-10-19(25)11-9-17)28-29(23(21)27-24(18)30)20-6-4-3-5-7-20/h3-11,14,16,26H,12-13,15H2,1-2H3,(H,27,30). The van der Waals surface area contributed by atoms with Crippen molar-refractivity contribution >= 4 is 11.0 Å². The third-order valence-corrected chi connectivity index (χ3v) is 5.10. The normalized spacial score (nSPS) is 11.5. The van der Waals surface area contributed by atoms with Gasteiger partial charge in [-0.15, -0.1) is 0 Å². The molecule has 2 aromatic carbocycles. The first-order chi connectivity index (χ1) is 14.5. The van der Waals surface area contributed by atoms with Gasteiger partial charge in [0.15, 0.2) is 0 Å². The van der Waals surface area contributed by atoms with Crippen LogP contribution in [0.1, 0.15) is 25.8 Å². The third kappa shape index (κ3) is 4.19. The number of nitrogens with zero attached hydrogens (tertiary/aromatic N) is 2. The molecule has 6 heteroatoms. The van der Waals surface area contributed by atoms with E-state index in [9.17, 15) is 9.18 Å². The Balaban J connectivity index is 1.81. The number of hydrogen-bond acceptors (Lipinski definition) is 3. The molecule has 0 unspecified atom stereocenters. The molecule has 0 atom stereocenters. The molecule has 0 fully saturated rings. The van der Waals surface area contributed by atoms with Crippen LogP contribution in [0.25, 0.3) is 28.0 Å². The summed E-state index contributed by atoms with van der Waals surface area (Å²) in [6.45, 7) is 5.68. The smallest absolute Gasteiger partial charge is 0.254 e. The van der Waals surface area contributed by atoms with Gasteiger partial charge in [0.2, 0.25) is 0 Å². The largest absolute Gasteiger partial charge is 0.312 e. The lowest BCUT2D eigenvalue weighted by Gasteiger charge is -2.07. The minimum Gasteiger partial charge on any atom is -0.312 e. The van der Waals surface area contributed by atoms with Crippen LogP contribution in [0.4, 0.5) is 4.39 Å².